The van der Waals surface area contributed by atoms with Crippen molar-refractivity contribution in [2.45, 2.75) is 25.8 Å². The third-order valence-electron chi connectivity index (χ3n) is 4.78. The minimum Gasteiger partial charge on any atom is -0.467 e. The van der Waals surface area contributed by atoms with Crippen molar-refractivity contribution in [1.82, 2.24) is 9.80 Å². The zero-order valence-corrected chi connectivity index (χ0v) is 14.6. The standard InChI is InChI=1S/C20H24N2O3/c1-21(15-18-8-5-13-25-18)19(23)14-16-9-11-22(12-10-16)20(24)17-6-3-2-4-7-17/h2-8,13,16H,9-12,14-15H2,1H3. The third kappa shape index (κ3) is 4.50. The van der Waals surface area contributed by atoms with E-state index < -0.39 is 0 Å². The molecule has 1 fully saturated rings. The summed E-state index contributed by atoms with van der Waals surface area (Å²) in [6.45, 7) is 1.93. The summed E-state index contributed by atoms with van der Waals surface area (Å²) in [5.74, 6) is 1.34. The molecule has 0 bridgehead atoms. The predicted molar refractivity (Wildman–Crippen MR) is 94.9 cm³/mol. The van der Waals surface area contributed by atoms with Crippen molar-refractivity contribution in [2.24, 2.45) is 5.92 Å². The zero-order valence-electron chi connectivity index (χ0n) is 14.6. The average Bonchev–Trinajstić information content (AvgIpc) is 3.15. The second-order valence-corrected chi connectivity index (χ2v) is 6.63. The minimum absolute atomic E-state index is 0.0836. The quantitative estimate of drug-likeness (QED) is 0.840. The Bertz CT molecular complexity index is 689. The Morgan fingerprint density at radius 1 is 1.12 bits per heavy atom. The summed E-state index contributed by atoms with van der Waals surface area (Å²) < 4.78 is 5.29. The summed E-state index contributed by atoms with van der Waals surface area (Å²) in [7, 11) is 1.80. The van der Waals surface area contributed by atoms with Crippen LogP contribution in [-0.2, 0) is 11.3 Å². The lowest BCUT2D eigenvalue weighted by atomic mass is 9.92. The molecule has 1 aliphatic heterocycles. The van der Waals surface area contributed by atoms with E-state index in [-0.39, 0.29) is 11.8 Å². The van der Waals surface area contributed by atoms with Gasteiger partial charge in [0.05, 0.1) is 12.8 Å². The number of furan rings is 1. The number of amides is 2. The summed E-state index contributed by atoms with van der Waals surface area (Å²) in [5.41, 5.74) is 0.732. The number of benzene rings is 1. The number of carbonyl (C=O) groups excluding carboxylic acids is 2. The number of nitrogens with zero attached hydrogens (tertiary/aromatic N) is 2. The molecular weight excluding hydrogens is 316 g/mol. The highest BCUT2D eigenvalue weighted by molar-refractivity contribution is 5.94. The van der Waals surface area contributed by atoms with Crippen molar-refractivity contribution < 1.29 is 14.0 Å². The first-order valence-electron chi connectivity index (χ1n) is 8.74. The van der Waals surface area contributed by atoms with Crippen LogP contribution in [0.25, 0.3) is 0 Å². The van der Waals surface area contributed by atoms with E-state index in [0.29, 0.717) is 32.0 Å². The molecule has 1 aromatic carbocycles. The lowest BCUT2D eigenvalue weighted by molar-refractivity contribution is -0.131. The highest BCUT2D eigenvalue weighted by atomic mass is 16.3. The highest BCUT2D eigenvalue weighted by Crippen LogP contribution is 2.23. The van der Waals surface area contributed by atoms with Crippen LogP contribution < -0.4 is 0 Å². The van der Waals surface area contributed by atoms with Gasteiger partial charge in [0.1, 0.15) is 5.76 Å². The molecule has 1 aliphatic rings. The van der Waals surface area contributed by atoms with E-state index >= 15 is 0 Å². The second kappa shape index (κ2) is 8.01. The van der Waals surface area contributed by atoms with Gasteiger partial charge in [0.15, 0.2) is 0 Å². The van der Waals surface area contributed by atoms with Crippen molar-refractivity contribution in [3.8, 4) is 0 Å². The monoisotopic (exact) mass is 340 g/mol. The maximum Gasteiger partial charge on any atom is 0.253 e. The molecule has 5 nitrogen and oxygen atoms in total. The van der Waals surface area contributed by atoms with Gasteiger partial charge in [-0.15, -0.1) is 0 Å². The van der Waals surface area contributed by atoms with Gasteiger partial charge in [0, 0.05) is 32.1 Å². The predicted octanol–water partition coefficient (Wildman–Crippen LogP) is 3.18. The van der Waals surface area contributed by atoms with Gasteiger partial charge in [-0.25, -0.2) is 0 Å². The molecule has 0 radical (unpaired) electrons. The Kier molecular flexibility index (Phi) is 5.53. The number of hydrogen-bond acceptors (Lipinski definition) is 3. The second-order valence-electron chi connectivity index (χ2n) is 6.63. The lowest BCUT2D eigenvalue weighted by Gasteiger charge is -2.32. The van der Waals surface area contributed by atoms with Gasteiger partial charge in [-0.1, -0.05) is 18.2 Å². The number of likely N-dealkylation sites (tertiary alicyclic amines) is 1. The van der Waals surface area contributed by atoms with E-state index in [1.165, 1.54) is 0 Å². The van der Waals surface area contributed by atoms with Gasteiger partial charge in [-0.3, -0.25) is 9.59 Å². The van der Waals surface area contributed by atoms with Crippen LogP contribution in [0.5, 0.6) is 0 Å². The van der Waals surface area contributed by atoms with E-state index in [1.807, 2.05) is 47.4 Å². The Balaban J connectivity index is 1.46. The van der Waals surface area contributed by atoms with Crippen LogP contribution >= 0.6 is 0 Å². The van der Waals surface area contributed by atoms with Crippen molar-refractivity contribution in [3.05, 3.63) is 60.1 Å². The summed E-state index contributed by atoms with van der Waals surface area (Å²) in [5, 5.41) is 0. The summed E-state index contributed by atoms with van der Waals surface area (Å²) in [6, 6.07) is 13.1. The van der Waals surface area contributed by atoms with Crippen molar-refractivity contribution in [3.63, 3.8) is 0 Å². The molecule has 25 heavy (non-hydrogen) atoms. The van der Waals surface area contributed by atoms with E-state index in [1.54, 1.807) is 18.2 Å². The van der Waals surface area contributed by atoms with Crippen LogP contribution in [0, 0.1) is 5.92 Å². The van der Waals surface area contributed by atoms with Crippen molar-refractivity contribution in [2.75, 3.05) is 20.1 Å². The molecule has 1 aromatic heterocycles. The Morgan fingerprint density at radius 2 is 1.84 bits per heavy atom. The molecular formula is C20H24N2O3. The van der Waals surface area contributed by atoms with E-state index in [0.717, 1.165) is 24.2 Å². The summed E-state index contributed by atoms with van der Waals surface area (Å²) >= 11 is 0. The molecule has 2 heterocycles. The Labute approximate surface area is 148 Å². The van der Waals surface area contributed by atoms with E-state index in [9.17, 15) is 9.59 Å². The van der Waals surface area contributed by atoms with Gasteiger partial charge >= 0.3 is 0 Å². The molecule has 2 aromatic rings. The molecule has 132 valence electrons. The van der Waals surface area contributed by atoms with Crippen LogP contribution in [-0.4, -0.2) is 41.8 Å². The van der Waals surface area contributed by atoms with Gasteiger partial charge in [0.2, 0.25) is 5.91 Å². The molecule has 0 spiro atoms. The molecule has 2 amide bonds. The first-order chi connectivity index (χ1) is 12.1. The van der Waals surface area contributed by atoms with E-state index in [2.05, 4.69) is 0 Å². The van der Waals surface area contributed by atoms with Crippen LogP contribution in [0.2, 0.25) is 0 Å². The SMILES string of the molecule is CN(Cc1ccco1)C(=O)CC1CCN(C(=O)c2ccccc2)CC1. The first-order valence-corrected chi connectivity index (χ1v) is 8.74. The molecule has 0 atom stereocenters. The fourth-order valence-electron chi connectivity index (χ4n) is 3.23. The largest absolute Gasteiger partial charge is 0.467 e. The van der Waals surface area contributed by atoms with E-state index in [4.69, 9.17) is 4.42 Å². The molecule has 0 saturated carbocycles. The molecule has 0 unspecified atom stereocenters. The molecule has 3 rings (SSSR count). The molecule has 0 aliphatic carbocycles. The normalized spacial score (nSPS) is 15.2. The fraction of sp³-hybridized carbons (Fsp3) is 0.400. The molecule has 0 N–H and O–H groups in total. The lowest BCUT2D eigenvalue weighted by Crippen LogP contribution is -2.39. The number of carbonyl (C=O) groups is 2. The maximum atomic E-state index is 12.5. The minimum atomic E-state index is 0.0836. The van der Waals surface area contributed by atoms with Crippen LogP contribution in [0.1, 0.15) is 35.4 Å². The van der Waals surface area contributed by atoms with Crippen LogP contribution in [0.3, 0.4) is 0 Å². The Morgan fingerprint density at radius 3 is 2.48 bits per heavy atom. The highest BCUT2D eigenvalue weighted by Gasteiger charge is 2.26. The third-order valence-corrected chi connectivity index (χ3v) is 4.78. The molecule has 5 heteroatoms. The van der Waals surface area contributed by atoms with Crippen molar-refractivity contribution >= 4 is 11.8 Å². The summed E-state index contributed by atoms with van der Waals surface area (Å²) in [4.78, 5) is 28.4. The molecule has 1 saturated heterocycles. The average molecular weight is 340 g/mol. The van der Waals surface area contributed by atoms with Gasteiger partial charge in [-0.2, -0.15) is 0 Å². The topological polar surface area (TPSA) is 53.8 Å². The van der Waals surface area contributed by atoms with Crippen LogP contribution in [0.4, 0.5) is 0 Å². The maximum absolute atomic E-state index is 12.5. The number of hydrogen-bond donors (Lipinski definition) is 0. The summed E-state index contributed by atoms with van der Waals surface area (Å²) in [6.07, 6.45) is 3.90. The van der Waals surface area contributed by atoms with Crippen LogP contribution in [0.15, 0.2) is 53.1 Å². The van der Waals surface area contributed by atoms with Gasteiger partial charge in [0.25, 0.3) is 5.91 Å². The van der Waals surface area contributed by atoms with Gasteiger partial charge < -0.3 is 14.2 Å². The Hall–Kier alpha value is -2.56. The van der Waals surface area contributed by atoms with Gasteiger partial charge in [-0.05, 0) is 43.0 Å². The smallest absolute Gasteiger partial charge is 0.253 e. The first kappa shape index (κ1) is 17.3. The zero-order chi connectivity index (χ0) is 17.6. The van der Waals surface area contributed by atoms with Crippen molar-refractivity contribution in [1.29, 1.82) is 0 Å². The number of piperidine rings is 1. The number of rotatable bonds is 5. The fourth-order valence-corrected chi connectivity index (χ4v) is 3.23.